The van der Waals surface area contributed by atoms with Crippen LogP contribution in [0.25, 0.3) is 0 Å². The van der Waals surface area contributed by atoms with Crippen molar-refractivity contribution in [1.29, 1.82) is 0 Å². The molecule has 2 N–H and O–H groups in total. The maximum atomic E-state index is 5.93. The van der Waals surface area contributed by atoms with Gasteiger partial charge in [0, 0.05) is 6.54 Å². The molecular formula is C16H19NO. The first-order valence-electron chi connectivity index (χ1n) is 6.14. The van der Waals surface area contributed by atoms with Gasteiger partial charge in [0.15, 0.2) is 0 Å². The smallest absolute Gasteiger partial charge is 0.130 e. The van der Waals surface area contributed by atoms with Crippen molar-refractivity contribution in [3.8, 4) is 11.5 Å². The summed E-state index contributed by atoms with van der Waals surface area (Å²) in [6, 6.07) is 12.3. The van der Waals surface area contributed by atoms with Crippen molar-refractivity contribution in [2.75, 3.05) is 0 Å². The van der Waals surface area contributed by atoms with Crippen LogP contribution in [0.2, 0.25) is 0 Å². The average molecular weight is 241 g/mol. The van der Waals surface area contributed by atoms with E-state index < -0.39 is 0 Å². The predicted octanol–water partition coefficient (Wildman–Crippen LogP) is 3.86. The first-order chi connectivity index (χ1) is 8.58. The van der Waals surface area contributed by atoms with Crippen molar-refractivity contribution in [3.63, 3.8) is 0 Å². The van der Waals surface area contributed by atoms with Crippen LogP contribution in [-0.4, -0.2) is 0 Å². The van der Waals surface area contributed by atoms with E-state index in [0.717, 1.165) is 22.6 Å². The topological polar surface area (TPSA) is 35.2 Å². The minimum atomic E-state index is 0.560. The molecule has 0 aliphatic heterocycles. The number of ether oxygens (including phenoxy) is 1. The lowest BCUT2D eigenvalue weighted by molar-refractivity contribution is 0.478. The van der Waals surface area contributed by atoms with E-state index >= 15 is 0 Å². The van der Waals surface area contributed by atoms with E-state index in [1.54, 1.807) is 0 Å². The number of rotatable bonds is 3. The zero-order chi connectivity index (χ0) is 13.1. The summed E-state index contributed by atoms with van der Waals surface area (Å²) in [5.74, 6) is 1.77. The Balaban J connectivity index is 2.28. The number of benzene rings is 2. The van der Waals surface area contributed by atoms with Gasteiger partial charge in [-0.3, -0.25) is 0 Å². The second kappa shape index (κ2) is 5.23. The van der Waals surface area contributed by atoms with Crippen LogP contribution in [0.3, 0.4) is 0 Å². The SMILES string of the molecule is Cc1cc(C)cc(Oc2ccc(CN)cc2C)c1. The highest BCUT2D eigenvalue weighted by Gasteiger charge is 2.03. The molecule has 0 unspecified atom stereocenters. The van der Waals surface area contributed by atoms with Crippen molar-refractivity contribution in [1.82, 2.24) is 0 Å². The zero-order valence-corrected chi connectivity index (χ0v) is 11.2. The molecule has 2 aromatic carbocycles. The largest absolute Gasteiger partial charge is 0.457 e. The first kappa shape index (κ1) is 12.7. The Hall–Kier alpha value is -1.80. The minimum Gasteiger partial charge on any atom is -0.457 e. The maximum absolute atomic E-state index is 5.93. The molecule has 0 aliphatic rings. The first-order valence-corrected chi connectivity index (χ1v) is 6.14. The van der Waals surface area contributed by atoms with E-state index in [1.165, 1.54) is 11.1 Å². The molecule has 18 heavy (non-hydrogen) atoms. The quantitative estimate of drug-likeness (QED) is 0.885. The van der Waals surface area contributed by atoms with Gasteiger partial charge in [0.25, 0.3) is 0 Å². The summed E-state index contributed by atoms with van der Waals surface area (Å²) < 4.78 is 5.93. The third-order valence-corrected chi connectivity index (χ3v) is 2.90. The minimum absolute atomic E-state index is 0.560. The molecule has 2 heteroatoms. The number of hydrogen-bond donors (Lipinski definition) is 1. The predicted molar refractivity (Wildman–Crippen MR) is 75.1 cm³/mol. The maximum Gasteiger partial charge on any atom is 0.130 e. The molecule has 2 rings (SSSR count). The number of aryl methyl sites for hydroxylation is 3. The molecule has 0 aromatic heterocycles. The Morgan fingerprint density at radius 3 is 2.17 bits per heavy atom. The van der Waals surface area contributed by atoms with Gasteiger partial charge < -0.3 is 10.5 Å². The lowest BCUT2D eigenvalue weighted by Gasteiger charge is -2.11. The molecule has 94 valence electrons. The van der Waals surface area contributed by atoms with Crippen molar-refractivity contribution in [2.24, 2.45) is 5.73 Å². The summed E-state index contributed by atoms with van der Waals surface area (Å²) in [4.78, 5) is 0. The summed E-state index contributed by atoms with van der Waals surface area (Å²) in [5.41, 5.74) is 10.3. The molecule has 0 atom stereocenters. The van der Waals surface area contributed by atoms with E-state index in [9.17, 15) is 0 Å². The lowest BCUT2D eigenvalue weighted by atomic mass is 10.1. The van der Waals surface area contributed by atoms with Gasteiger partial charge in [-0.1, -0.05) is 18.2 Å². The van der Waals surface area contributed by atoms with Crippen molar-refractivity contribution >= 4 is 0 Å². The van der Waals surface area contributed by atoms with Crippen LogP contribution in [0.4, 0.5) is 0 Å². The Bertz CT molecular complexity index is 541. The Labute approximate surface area is 108 Å². The van der Waals surface area contributed by atoms with Crippen molar-refractivity contribution in [2.45, 2.75) is 27.3 Å². The highest BCUT2D eigenvalue weighted by molar-refractivity contribution is 5.41. The Morgan fingerprint density at radius 1 is 0.944 bits per heavy atom. The van der Waals surface area contributed by atoms with E-state index in [-0.39, 0.29) is 0 Å². The summed E-state index contributed by atoms with van der Waals surface area (Å²) in [6.07, 6.45) is 0. The monoisotopic (exact) mass is 241 g/mol. The zero-order valence-electron chi connectivity index (χ0n) is 11.2. The van der Waals surface area contributed by atoms with Crippen molar-refractivity contribution < 1.29 is 4.74 Å². The average Bonchev–Trinajstić information content (AvgIpc) is 2.30. The molecule has 0 saturated carbocycles. The van der Waals surface area contributed by atoms with Gasteiger partial charge in [-0.2, -0.15) is 0 Å². The fraction of sp³-hybridized carbons (Fsp3) is 0.250. The molecule has 0 bridgehead atoms. The molecule has 0 heterocycles. The van der Waals surface area contributed by atoms with Crippen LogP contribution in [-0.2, 0) is 6.54 Å². The normalized spacial score (nSPS) is 10.4. The molecule has 0 spiro atoms. The molecule has 0 fully saturated rings. The van der Waals surface area contributed by atoms with Crippen LogP contribution in [0.15, 0.2) is 36.4 Å². The van der Waals surface area contributed by atoms with E-state index in [2.05, 4.69) is 26.0 Å². The van der Waals surface area contributed by atoms with Crippen LogP contribution in [0, 0.1) is 20.8 Å². The Morgan fingerprint density at radius 2 is 1.61 bits per heavy atom. The highest BCUT2D eigenvalue weighted by atomic mass is 16.5. The van der Waals surface area contributed by atoms with Crippen LogP contribution < -0.4 is 10.5 Å². The fourth-order valence-corrected chi connectivity index (χ4v) is 2.07. The molecule has 0 amide bonds. The van der Waals surface area contributed by atoms with E-state index in [4.69, 9.17) is 10.5 Å². The standard InChI is InChI=1S/C16H19NO/c1-11-6-12(2)8-15(7-11)18-16-5-4-14(10-17)9-13(16)3/h4-9H,10,17H2,1-3H3. The van der Waals surface area contributed by atoms with Crippen molar-refractivity contribution in [3.05, 3.63) is 58.7 Å². The van der Waals surface area contributed by atoms with Gasteiger partial charge in [0.05, 0.1) is 0 Å². The summed E-state index contributed by atoms with van der Waals surface area (Å²) in [6.45, 7) is 6.75. The summed E-state index contributed by atoms with van der Waals surface area (Å²) in [5, 5.41) is 0. The molecule has 2 aromatic rings. The summed E-state index contributed by atoms with van der Waals surface area (Å²) in [7, 11) is 0. The molecule has 2 nitrogen and oxygen atoms in total. The van der Waals surface area contributed by atoms with Gasteiger partial charge in [-0.15, -0.1) is 0 Å². The van der Waals surface area contributed by atoms with Gasteiger partial charge in [0.1, 0.15) is 11.5 Å². The second-order valence-corrected chi connectivity index (χ2v) is 4.73. The Kier molecular flexibility index (Phi) is 3.68. The van der Waals surface area contributed by atoms with Crippen LogP contribution in [0.1, 0.15) is 22.3 Å². The van der Waals surface area contributed by atoms with Crippen LogP contribution >= 0.6 is 0 Å². The molecule has 0 aliphatic carbocycles. The molecule has 0 radical (unpaired) electrons. The van der Waals surface area contributed by atoms with E-state index in [0.29, 0.717) is 6.54 Å². The van der Waals surface area contributed by atoms with Gasteiger partial charge in [0.2, 0.25) is 0 Å². The molecule has 0 saturated heterocycles. The summed E-state index contributed by atoms with van der Waals surface area (Å²) >= 11 is 0. The highest BCUT2D eigenvalue weighted by Crippen LogP contribution is 2.27. The van der Waals surface area contributed by atoms with Gasteiger partial charge in [-0.25, -0.2) is 0 Å². The van der Waals surface area contributed by atoms with Crippen LogP contribution in [0.5, 0.6) is 11.5 Å². The van der Waals surface area contributed by atoms with Gasteiger partial charge >= 0.3 is 0 Å². The second-order valence-electron chi connectivity index (χ2n) is 4.73. The fourth-order valence-electron chi connectivity index (χ4n) is 2.07. The third-order valence-electron chi connectivity index (χ3n) is 2.90. The van der Waals surface area contributed by atoms with Gasteiger partial charge in [-0.05, 0) is 61.2 Å². The number of nitrogens with two attached hydrogens (primary N) is 1. The number of hydrogen-bond acceptors (Lipinski definition) is 2. The third kappa shape index (κ3) is 2.90. The molecular weight excluding hydrogens is 222 g/mol. The lowest BCUT2D eigenvalue weighted by Crippen LogP contribution is -1.97. The van der Waals surface area contributed by atoms with E-state index in [1.807, 2.05) is 31.2 Å².